The summed E-state index contributed by atoms with van der Waals surface area (Å²) in [5.41, 5.74) is 1.71. The normalized spacial score (nSPS) is 31.9. The summed E-state index contributed by atoms with van der Waals surface area (Å²) < 4.78 is 0. The van der Waals surface area contributed by atoms with Crippen molar-refractivity contribution < 1.29 is 5.11 Å². The second kappa shape index (κ2) is 3.81. The number of likely N-dealkylation sites (N-methyl/N-ethyl adjacent to an activating group) is 1. The quantitative estimate of drug-likeness (QED) is 0.530. The number of allylic oxidation sites excluding steroid dienone is 1. The highest BCUT2D eigenvalue weighted by Crippen LogP contribution is 2.41. The van der Waals surface area contributed by atoms with Crippen molar-refractivity contribution in [2.24, 2.45) is 0 Å². The highest BCUT2D eigenvalue weighted by Gasteiger charge is 2.51. The predicted octanol–water partition coefficient (Wildman–Crippen LogP) is 1.80. The molecule has 1 saturated heterocycles. The Morgan fingerprint density at radius 2 is 2.08 bits per heavy atom. The SMILES string of the molecule is C/C(=C\CO)CCC1N(C)C1(C)C. The van der Waals surface area contributed by atoms with Crippen molar-refractivity contribution in [3.05, 3.63) is 11.6 Å². The van der Waals surface area contributed by atoms with Gasteiger partial charge in [-0.05, 0) is 40.7 Å². The van der Waals surface area contributed by atoms with Gasteiger partial charge in [0.2, 0.25) is 0 Å². The molecule has 1 N–H and O–H groups in total. The van der Waals surface area contributed by atoms with Crippen LogP contribution in [0.1, 0.15) is 33.6 Å². The van der Waals surface area contributed by atoms with Crippen LogP contribution >= 0.6 is 0 Å². The van der Waals surface area contributed by atoms with Gasteiger partial charge < -0.3 is 5.11 Å². The van der Waals surface area contributed by atoms with Gasteiger partial charge in [-0.1, -0.05) is 11.6 Å². The summed E-state index contributed by atoms with van der Waals surface area (Å²) in [4.78, 5) is 2.40. The summed E-state index contributed by atoms with van der Waals surface area (Å²) in [5.74, 6) is 0. The monoisotopic (exact) mass is 183 g/mol. The Hall–Kier alpha value is -0.340. The predicted molar refractivity (Wildman–Crippen MR) is 55.7 cm³/mol. The van der Waals surface area contributed by atoms with Crippen LogP contribution in [0.25, 0.3) is 0 Å². The largest absolute Gasteiger partial charge is 0.392 e. The number of rotatable bonds is 4. The van der Waals surface area contributed by atoms with Crippen LogP contribution in [-0.4, -0.2) is 35.2 Å². The van der Waals surface area contributed by atoms with Gasteiger partial charge in [0, 0.05) is 11.6 Å². The molecule has 0 amide bonds. The van der Waals surface area contributed by atoms with E-state index in [9.17, 15) is 0 Å². The maximum atomic E-state index is 8.69. The molecule has 2 heteroatoms. The third-order valence-electron chi connectivity index (χ3n) is 3.38. The zero-order valence-electron chi connectivity index (χ0n) is 9.17. The molecule has 0 radical (unpaired) electrons. The van der Waals surface area contributed by atoms with Crippen molar-refractivity contribution in [2.45, 2.75) is 45.2 Å². The Morgan fingerprint density at radius 1 is 1.54 bits per heavy atom. The molecule has 0 aromatic carbocycles. The minimum absolute atomic E-state index is 0.176. The average Bonchev–Trinajstić information content (AvgIpc) is 2.49. The van der Waals surface area contributed by atoms with Crippen LogP contribution < -0.4 is 0 Å². The fourth-order valence-electron chi connectivity index (χ4n) is 1.94. The standard InChI is InChI=1S/C11H21NO/c1-9(7-8-13)5-6-10-11(2,3)12(10)4/h7,10,13H,5-6,8H2,1-4H3/b9-7+. The molecule has 1 aliphatic rings. The van der Waals surface area contributed by atoms with E-state index in [2.05, 4.69) is 32.7 Å². The van der Waals surface area contributed by atoms with E-state index in [1.807, 2.05) is 6.08 Å². The first kappa shape index (κ1) is 10.7. The van der Waals surface area contributed by atoms with Crippen molar-refractivity contribution in [3.63, 3.8) is 0 Å². The summed E-state index contributed by atoms with van der Waals surface area (Å²) >= 11 is 0. The molecule has 13 heavy (non-hydrogen) atoms. The maximum Gasteiger partial charge on any atom is 0.0614 e. The van der Waals surface area contributed by atoms with Crippen molar-refractivity contribution in [3.8, 4) is 0 Å². The van der Waals surface area contributed by atoms with E-state index in [4.69, 9.17) is 5.11 Å². The molecule has 0 aliphatic carbocycles. The molecular formula is C11H21NO. The molecule has 2 nitrogen and oxygen atoms in total. The lowest BCUT2D eigenvalue weighted by Crippen LogP contribution is -2.04. The second-order valence-electron chi connectivity index (χ2n) is 4.55. The van der Waals surface area contributed by atoms with Gasteiger partial charge in [-0.15, -0.1) is 0 Å². The van der Waals surface area contributed by atoms with Gasteiger partial charge in [0.15, 0.2) is 0 Å². The van der Waals surface area contributed by atoms with E-state index in [0.29, 0.717) is 5.54 Å². The van der Waals surface area contributed by atoms with Gasteiger partial charge in [-0.2, -0.15) is 0 Å². The van der Waals surface area contributed by atoms with E-state index >= 15 is 0 Å². The first-order valence-corrected chi connectivity index (χ1v) is 4.99. The van der Waals surface area contributed by atoms with Crippen LogP contribution in [0.5, 0.6) is 0 Å². The Balaban J connectivity index is 2.26. The van der Waals surface area contributed by atoms with Gasteiger partial charge in [0.1, 0.15) is 0 Å². The highest BCUT2D eigenvalue weighted by molar-refractivity contribution is 5.11. The Bertz CT molecular complexity index is 208. The number of hydrogen-bond donors (Lipinski definition) is 1. The fourth-order valence-corrected chi connectivity index (χ4v) is 1.94. The minimum Gasteiger partial charge on any atom is -0.392 e. The molecule has 0 saturated carbocycles. The lowest BCUT2D eigenvalue weighted by Gasteiger charge is -2.00. The fraction of sp³-hybridized carbons (Fsp3) is 0.818. The molecule has 0 aromatic rings. The first-order chi connectivity index (χ1) is 6.00. The van der Waals surface area contributed by atoms with Crippen molar-refractivity contribution in [1.29, 1.82) is 0 Å². The summed E-state index contributed by atoms with van der Waals surface area (Å²) in [5, 5.41) is 8.69. The molecule has 0 aromatic heterocycles. The van der Waals surface area contributed by atoms with Crippen LogP contribution in [-0.2, 0) is 0 Å². The van der Waals surface area contributed by atoms with Crippen LogP contribution in [0, 0.1) is 0 Å². The third kappa shape index (κ3) is 2.32. The van der Waals surface area contributed by atoms with Gasteiger partial charge in [0.05, 0.1) is 6.61 Å². The molecule has 1 heterocycles. The minimum atomic E-state index is 0.176. The van der Waals surface area contributed by atoms with Gasteiger partial charge >= 0.3 is 0 Å². The molecule has 1 rings (SSSR count). The van der Waals surface area contributed by atoms with Crippen LogP contribution in [0.4, 0.5) is 0 Å². The lowest BCUT2D eigenvalue weighted by molar-refractivity contribution is 0.341. The Labute approximate surface area is 81.2 Å². The molecule has 0 bridgehead atoms. The molecular weight excluding hydrogens is 162 g/mol. The highest BCUT2D eigenvalue weighted by atomic mass is 16.2. The first-order valence-electron chi connectivity index (χ1n) is 4.99. The van der Waals surface area contributed by atoms with Gasteiger partial charge in [-0.3, -0.25) is 4.90 Å². The molecule has 2 atom stereocenters. The zero-order valence-corrected chi connectivity index (χ0v) is 9.17. The molecule has 1 aliphatic heterocycles. The number of nitrogens with zero attached hydrogens (tertiary/aromatic N) is 1. The summed E-state index contributed by atoms with van der Waals surface area (Å²) in [6.07, 6.45) is 4.22. The number of aliphatic hydroxyl groups is 1. The van der Waals surface area contributed by atoms with E-state index in [1.165, 1.54) is 12.0 Å². The van der Waals surface area contributed by atoms with Crippen molar-refractivity contribution >= 4 is 0 Å². The number of hydrogen-bond acceptors (Lipinski definition) is 2. The zero-order chi connectivity index (χ0) is 10.1. The van der Waals surface area contributed by atoms with Crippen LogP contribution in [0.15, 0.2) is 11.6 Å². The van der Waals surface area contributed by atoms with Gasteiger partial charge in [0.25, 0.3) is 0 Å². The topological polar surface area (TPSA) is 23.2 Å². The van der Waals surface area contributed by atoms with E-state index in [1.54, 1.807) is 0 Å². The molecule has 1 fully saturated rings. The third-order valence-corrected chi connectivity index (χ3v) is 3.38. The summed E-state index contributed by atoms with van der Waals surface area (Å²) in [6, 6.07) is 0.731. The molecule has 2 unspecified atom stereocenters. The van der Waals surface area contributed by atoms with E-state index in [-0.39, 0.29) is 6.61 Å². The Morgan fingerprint density at radius 3 is 2.46 bits per heavy atom. The molecule has 76 valence electrons. The smallest absolute Gasteiger partial charge is 0.0614 e. The number of aliphatic hydroxyl groups excluding tert-OH is 1. The van der Waals surface area contributed by atoms with E-state index < -0.39 is 0 Å². The lowest BCUT2D eigenvalue weighted by atomic mass is 10.0. The molecule has 0 spiro atoms. The van der Waals surface area contributed by atoms with Gasteiger partial charge in [-0.25, -0.2) is 0 Å². The van der Waals surface area contributed by atoms with E-state index in [0.717, 1.165) is 12.5 Å². The summed E-state index contributed by atoms with van der Waals surface area (Å²) in [7, 11) is 2.18. The maximum absolute atomic E-state index is 8.69. The second-order valence-corrected chi connectivity index (χ2v) is 4.55. The summed E-state index contributed by atoms with van der Waals surface area (Å²) in [6.45, 7) is 6.83. The van der Waals surface area contributed by atoms with Crippen LogP contribution in [0.3, 0.4) is 0 Å². The van der Waals surface area contributed by atoms with Crippen molar-refractivity contribution in [2.75, 3.05) is 13.7 Å². The average molecular weight is 183 g/mol. The Kier molecular flexibility index (Phi) is 3.14. The van der Waals surface area contributed by atoms with Crippen LogP contribution in [0.2, 0.25) is 0 Å². The van der Waals surface area contributed by atoms with Crippen molar-refractivity contribution in [1.82, 2.24) is 4.90 Å².